The number of halogens is 1. The fourth-order valence-corrected chi connectivity index (χ4v) is 6.68. The first kappa shape index (κ1) is 34.5. The molecule has 1 aliphatic heterocycles. The lowest BCUT2D eigenvalue weighted by molar-refractivity contribution is -0.121. The van der Waals surface area contributed by atoms with Gasteiger partial charge in [-0.05, 0) is 76.1 Å². The molecule has 0 spiro atoms. The number of aryl methyl sites for hydroxylation is 2. The molecule has 48 heavy (non-hydrogen) atoms. The predicted octanol–water partition coefficient (Wildman–Crippen LogP) is 5.51. The summed E-state index contributed by atoms with van der Waals surface area (Å²) in [6.07, 6.45) is 2.27. The summed E-state index contributed by atoms with van der Waals surface area (Å²) in [5, 5.41) is 25.5. The van der Waals surface area contributed by atoms with Crippen LogP contribution in [0, 0.1) is 32.6 Å². The summed E-state index contributed by atoms with van der Waals surface area (Å²) in [4.78, 5) is 44.0. The molecule has 0 unspecified atom stereocenters. The molecule has 2 aromatic heterocycles. The van der Waals surface area contributed by atoms with E-state index in [0.717, 1.165) is 45.1 Å². The molecule has 1 aliphatic rings. The lowest BCUT2D eigenvalue weighted by atomic mass is 9.99. The van der Waals surface area contributed by atoms with Crippen molar-refractivity contribution in [1.29, 1.82) is 0 Å². The van der Waals surface area contributed by atoms with E-state index in [1.165, 1.54) is 6.07 Å². The van der Waals surface area contributed by atoms with Crippen LogP contribution in [0.4, 0.5) is 5.69 Å². The van der Waals surface area contributed by atoms with Crippen LogP contribution in [-0.4, -0.2) is 56.5 Å². The van der Waals surface area contributed by atoms with E-state index in [4.69, 9.17) is 22.3 Å². The molecule has 13 heteroatoms. The molecule has 1 atom stereocenters. The molecular formula is C35H36ClN7O4S. The van der Waals surface area contributed by atoms with Gasteiger partial charge in [0, 0.05) is 51.7 Å². The van der Waals surface area contributed by atoms with Gasteiger partial charge in [-0.15, -0.1) is 21.5 Å². The van der Waals surface area contributed by atoms with Crippen LogP contribution in [0.1, 0.15) is 87.3 Å². The molecule has 248 valence electrons. The molecule has 0 radical (unpaired) electrons. The number of nitrogens with two attached hydrogens (primary N) is 1. The normalized spacial score (nSPS) is 13.4. The van der Waals surface area contributed by atoms with Crippen LogP contribution in [0.2, 0.25) is 5.02 Å². The second-order valence-electron chi connectivity index (χ2n) is 11.4. The Morgan fingerprint density at radius 2 is 1.83 bits per heavy atom. The first-order valence-corrected chi connectivity index (χ1v) is 16.8. The van der Waals surface area contributed by atoms with E-state index in [9.17, 15) is 19.5 Å². The molecule has 3 heterocycles. The third-order valence-electron chi connectivity index (χ3n) is 7.92. The summed E-state index contributed by atoms with van der Waals surface area (Å²) < 4.78 is 1.97. The molecule has 0 aliphatic carbocycles. The van der Waals surface area contributed by atoms with Crippen molar-refractivity contribution in [3.8, 4) is 16.8 Å². The first-order chi connectivity index (χ1) is 23.1. The number of aliphatic imine (C=N–C) groups is 1. The molecule has 5 N–H and O–H groups in total. The Hall–Kier alpha value is -4.83. The third kappa shape index (κ3) is 7.82. The summed E-state index contributed by atoms with van der Waals surface area (Å²) in [7, 11) is 0. The SMILES string of the molecule is Cc1sc2c(c1C)C(c1ccc(Cl)cc1)=N[C@@H](CC(=O)NCCC(=O)Nc1ccc(C#CCCCCN)c(C(=O)O)c1)c1nnc(C)n1-2. The number of benzene rings is 2. The van der Waals surface area contributed by atoms with E-state index < -0.39 is 12.0 Å². The van der Waals surface area contributed by atoms with Crippen LogP contribution in [0.25, 0.3) is 5.00 Å². The highest BCUT2D eigenvalue weighted by atomic mass is 35.5. The Balaban J connectivity index is 1.26. The van der Waals surface area contributed by atoms with E-state index >= 15 is 0 Å². The fourth-order valence-electron chi connectivity index (χ4n) is 5.34. The van der Waals surface area contributed by atoms with Crippen LogP contribution in [0.3, 0.4) is 0 Å². The number of nitrogens with one attached hydrogen (secondary N) is 2. The van der Waals surface area contributed by atoms with Crippen LogP contribution in [0.5, 0.6) is 0 Å². The van der Waals surface area contributed by atoms with Gasteiger partial charge in [0.25, 0.3) is 0 Å². The van der Waals surface area contributed by atoms with Crippen molar-refractivity contribution in [3.63, 3.8) is 0 Å². The average Bonchev–Trinajstić information content (AvgIpc) is 3.53. The molecule has 0 bridgehead atoms. The number of nitrogens with zero attached hydrogens (tertiary/aromatic N) is 4. The number of anilines is 1. The Morgan fingerprint density at radius 3 is 2.56 bits per heavy atom. The maximum atomic E-state index is 13.2. The quantitative estimate of drug-likeness (QED) is 0.119. The molecule has 2 amide bonds. The highest BCUT2D eigenvalue weighted by Crippen LogP contribution is 2.39. The van der Waals surface area contributed by atoms with Crippen molar-refractivity contribution >= 4 is 52.1 Å². The number of aromatic nitrogens is 3. The highest BCUT2D eigenvalue weighted by molar-refractivity contribution is 7.15. The average molecular weight is 686 g/mol. The van der Waals surface area contributed by atoms with Gasteiger partial charge in [0.2, 0.25) is 11.8 Å². The first-order valence-electron chi connectivity index (χ1n) is 15.6. The van der Waals surface area contributed by atoms with Crippen molar-refractivity contribution < 1.29 is 19.5 Å². The molecular weight excluding hydrogens is 650 g/mol. The molecule has 2 aromatic carbocycles. The molecule has 0 saturated heterocycles. The zero-order chi connectivity index (χ0) is 34.4. The van der Waals surface area contributed by atoms with Crippen LogP contribution >= 0.6 is 22.9 Å². The number of hydrogen-bond donors (Lipinski definition) is 4. The number of thiophene rings is 1. The minimum atomic E-state index is -1.14. The number of fused-ring (bicyclic) bond motifs is 3. The maximum Gasteiger partial charge on any atom is 0.337 e. The minimum absolute atomic E-state index is 0.00264. The van der Waals surface area contributed by atoms with Crippen LogP contribution in [-0.2, 0) is 9.59 Å². The van der Waals surface area contributed by atoms with Gasteiger partial charge in [-0.2, -0.15) is 0 Å². The number of amides is 2. The Bertz CT molecular complexity index is 1950. The van der Waals surface area contributed by atoms with Gasteiger partial charge in [-0.1, -0.05) is 35.6 Å². The second-order valence-corrected chi connectivity index (χ2v) is 13.0. The number of carbonyl (C=O) groups excluding carboxylic acids is 2. The monoisotopic (exact) mass is 685 g/mol. The summed E-state index contributed by atoms with van der Waals surface area (Å²) in [5.41, 5.74) is 9.87. The van der Waals surface area contributed by atoms with Gasteiger partial charge in [0.1, 0.15) is 16.9 Å². The highest BCUT2D eigenvalue weighted by Gasteiger charge is 2.32. The lowest BCUT2D eigenvalue weighted by Crippen LogP contribution is -2.29. The summed E-state index contributed by atoms with van der Waals surface area (Å²) >= 11 is 7.82. The van der Waals surface area contributed by atoms with Gasteiger partial charge in [0.05, 0.1) is 17.7 Å². The van der Waals surface area contributed by atoms with E-state index in [2.05, 4.69) is 46.5 Å². The van der Waals surface area contributed by atoms with E-state index in [1.807, 2.05) is 35.8 Å². The lowest BCUT2D eigenvalue weighted by Gasteiger charge is -2.13. The standard InChI is InChI=1S/C35H36ClN7O4S/c1-20-21(2)48-34-31(20)32(24-9-12-25(36)13-10-24)40-28(33-42-41-22(3)43(33)34)19-30(45)38-17-15-29(44)39-26-14-11-23(27(18-26)35(46)47)8-6-4-5-7-16-37/h9-14,18,28H,4-5,7,15-17,19,37H2,1-3H3,(H,38,45)(H,39,44)(H,46,47)/t28-/m0/s1. The van der Waals surface area contributed by atoms with Crippen molar-refractivity contribution in [3.05, 3.63) is 91.8 Å². The minimum Gasteiger partial charge on any atom is -0.478 e. The maximum absolute atomic E-state index is 13.2. The van der Waals surface area contributed by atoms with Crippen molar-refractivity contribution in [1.82, 2.24) is 20.1 Å². The summed E-state index contributed by atoms with van der Waals surface area (Å²) in [5.74, 6) is 5.29. The molecule has 11 nitrogen and oxygen atoms in total. The van der Waals surface area contributed by atoms with E-state index in [1.54, 1.807) is 23.5 Å². The van der Waals surface area contributed by atoms with Gasteiger partial charge >= 0.3 is 5.97 Å². The number of unbranched alkanes of at least 4 members (excludes halogenated alkanes) is 2. The molecule has 5 rings (SSSR count). The Morgan fingerprint density at radius 1 is 1.06 bits per heavy atom. The number of carbonyl (C=O) groups is 3. The number of carboxylic acid groups (broad SMARTS) is 1. The van der Waals surface area contributed by atoms with Crippen molar-refractivity contribution in [2.45, 2.75) is 58.9 Å². The van der Waals surface area contributed by atoms with Gasteiger partial charge in [0.15, 0.2) is 5.82 Å². The topological polar surface area (TPSA) is 165 Å². The smallest absolute Gasteiger partial charge is 0.337 e. The van der Waals surface area contributed by atoms with Gasteiger partial charge < -0.3 is 21.5 Å². The fraction of sp³-hybridized carbons (Fsp3) is 0.314. The third-order valence-corrected chi connectivity index (χ3v) is 9.37. The molecule has 4 aromatic rings. The zero-order valence-electron chi connectivity index (χ0n) is 26.9. The number of aromatic carboxylic acids is 1. The molecule has 0 fully saturated rings. The summed E-state index contributed by atoms with van der Waals surface area (Å²) in [6.45, 7) is 6.65. The number of hydrogen-bond acceptors (Lipinski definition) is 8. The van der Waals surface area contributed by atoms with E-state index in [0.29, 0.717) is 40.9 Å². The number of rotatable bonds is 11. The van der Waals surface area contributed by atoms with Gasteiger partial charge in [-0.3, -0.25) is 19.1 Å². The molecule has 0 saturated carbocycles. The van der Waals surface area contributed by atoms with Crippen molar-refractivity contribution in [2.24, 2.45) is 10.7 Å². The largest absolute Gasteiger partial charge is 0.478 e. The number of carboxylic acids is 1. The van der Waals surface area contributed by atoms with Gasteiger partial charge in [-0.25, -0.2) is 4.79 Å². The Kier molecular flexibility index (Phi) is 11.1. The van der Waals surface area contributed by atoms with Crippen molar-refractivity contribution in [2.75, 3.05) is 18.4 Å². The van der Waals surface area contributed by atoms with Crippen LogP contribution < -0.4 is 16.4 Å². The summed E-state index contributed by atoms with van der Waals surface area (Å²) in [6, 6.07) is 11.4. The van der Waals surface area contributed by atoms with Crippen LogP contribution in [0.15, 0.2) is 47.5 Å². The zero-order valence-corrected chi connectivity index (χ0v) is 28.5. The Labute approximate surface area is 287 Å². The second kappa shape index (κ2) is 15.4. The van der Waals surface area contributed by atoms with E-state index in [-0.39, 0.29) is 36.8 Å². The predicted molar refractivity (Wildman–Crippen MR) is 187 cm³/mol.